The third-order valence-corrected chi connectivity index (χ3v) is 2.18. The number of aromatic nitrogens is 2. The Hall–Kier alpha value is -1.68. The molecule has 3 nitrogen and oxygen atoms in total. The van der Waals surface area contributed by atoms with Gasteiger partial charge in [-0.1, -0.05) is 12.1 Å². The summed E-state index contributed by atoms with van der Waals surface area (Å²) in [5.41, 5.74) is 8.12. The molecule has 3 N–H and O–H groups in total. The van der Waals surface area contributed by atoms with Crippen LogP contribution in [0.3, 0.4) is 0 Å². The third-order valence-electron chi connectivity index (χ3n) is 2.18. The fourth-order valence-electron chi connectivity index (χ4n) is 1.47. The zero-order valence-corrected chi connectivity index (χ0v) is 8.20. The van der Waals surface area contributed by atoms with Crippen molar-refractivity contribution < 1.29 is 4.39 Å². The molecule has 0 bridgehead atoms. The lowest BCUT2D eigenvalue weighted by molar-refractivity contribution is 0.626. The zero-order chi connectivity index (χ0) is 10.7. The Kier molecular flexibility index (Phi) is 2.78. The summed E-state index contributed by atoms with van der Waals surface area (Å²) >= 11 is 0. The van der Waals surface area contributed by atoms with Gasteiger partial charge >= 0.3 is 0 Å². The van der Waals surface area contributed by atoms with E-state index in [4.69, 9.17) is 5.73 Å². The van der Waals surface area contributed by atoms with Gasteiger partial charge in [-0.05, 0) is 23.8 Å². The third kappa shape index (κ3) is 2.41. The van der Waals surface area contributed by atoms with Crippen molar-refractivity contribution in [3.05, 3.63) is 53.1 Å². The summed E-state index contributed by atoms with van der Waals surface area (Å²) in [5, 5.41) is 6.88. The molecular weight excluding hydrogens is 193 g/mol. The zero-order valence-electron chi connectivity index (χ0n) is 8.20. The predicted molar refractivity (Wildman–Crippen MR) is 55.7 cm³/mol. The highest BCUT2D eigenvalue weighted by molar-refractivity contribution is 5.23. The van der Waals surface area contributed by atoms with Gasteiger partial charge in [0.25, 0.3) is 0 Å². The SMILES string of the molecule is NCc1cc(Cc2cccc(F)c2)[nH]n1. The van der Waals surface area contributed by atoms with Crippen molar-refractivity contribution >= 4 is 0 Å². The highest BCUT2D eigenvalue weighted by Crippen LogP contribution is 2.09. The predicted octanol–water partition coefficient (Wildman–Crippen LogP) is 1.60. The number of nitrogens with zero attached hydrogens (tertiary/aromatic N) is 1. The minimum absolute atomic E-state index is 0.217. The Labute approximate surface area is 87.1 Å². The van der Waals surface area contributed by atoms with Crippen molar-refractivity contribution in [3.8, 4) is 0 Å². The molecule has 0 saturated carbocycles. The van der Waals surface area contributed by atoms with E-state index in [1.54, 1.807) is 6.07 Å². The topological polar surface area (TPSA) is 54.7 Å². The van der Waals surface area contributed by atoms with Crippen LogP contribution >= 0.6 is 0 Å². The molecule has 0 aliphatic rings. The van der Waals surface area contributed by atoms with E-state index in [0.717, 1.165) is 17.0 Å². The normalized spacial score (nSPS) is 10.5. The van der Waals surface area contributed by atoms with Gasteiger partial charge in [-0.3, -0.25) is 5.10 Å². The van der Waals surface area contributed by atoms with E-state index in [0.29, 0.717) is 13.0 Å². The van der Waals surface area contributed by atoms with Crippen molar-refractivity contribution in [3.63, 3.8) is 0 Å². The first-order valence-electron chi connectivity index (χ1n) is 4.75. The molecular formula is C11H12FN3. The number of hydrogen-bond acceptors (Lipinski definition) is 2. The lowest BCUT2D eigenvalue weighted by Gasteiger charge is -1.97. The fourth-order valence-corrected chi connectivity index (χ4v) is 1.47. The van der Waals surface area contributed by atoms with Crippen LogP contribution in [0, 0.1) is 5.82 Å². The molecule has 0 amide bonds. The van der Waals surface area contributed by atoms with Crippen LogP contribution in [0.15, 0.2) is 30.3 Å². The molecule has 2 rings (SSSR count). The molecule has 1 aromatic heterocycles. The summed E-state index contributed by atoms with van der Waals surface area (Å²) in [4.78, 5) is 0. The molecule has 78 valence electrons. The second-order valence-corrected chi connectivity index (χ2v) is 3.40. The van der Waals surface area contributed by atoms with Gasteiger partial charge in [0.1, 0.15) is 5.82 Å². The van der Waals surface area contributed by atoms with Crippen LogP contribution in [0.1, 0.15) is 17.0 Å². The second-order valence-electron chi connectivity index (χ2n) is 3.40. The molecule has 1 aromatic carbocycles. The summed E-state index contributed by atoms with van der Waals surface area (Å²) in [6, 6.07) is 8.42. The number of H-pyrrole nitrogens is 1. The fraction of sp³-hybridized carbons (Fsp3) is 0.182. The summed E-state index contributed by atoms with van der Waals surface area (Å²) in [7, 11) is 0. The number of rotatable bonds is 3. The molecule has 0 unspecified atom stereocenters. The van der Waals surface area contributed by atoms with Crippen molar-refractivity contribution in [2.45, 2.75) is 13.0 Å². The van der Waals surface area contributed by atoms with Crippen molar-refractivity contribution in [2.24, 2.45) is 5.73 Å². The number of nitrogens with one attached hydrogen (secondary N) is 1. The minimum atomic E-state index is -0.217. The Morgan fingerprint density at radius 2 is 2.20 bits per heavy atom. The van der Waals surface area contributed by atoms with Crippen LogP contribution < -0.4 is 5.73 Å². The van der Waals surface area contributed by atoms with E-state index in [9.17, 15) is 4.39 Å². The Morgan fingerprint density at radius 1 is 1.33 bits per heavy atom. The van der Waals surface area contributed by atoms with Crippen LogP contribution in [-0.2, 0) is 13.0 Å². The average Bonchev–Trinajstić information content (AvgIpc) is 2.65. The van der Waals surface area contributed by atoms with Gasteiger partial charge in [0.05, 0.1) is 5.69 Å². The van der Waals surface area contributed by atoms with E-state index in [-0.39, 0.29) is 5.82 Å². The summed E-state index contributed by atoms with van der Waals surface area (Å²) < 4.78 is 12.9. The number of nitrogens with two attached hydrogens (primary N) is 1. The van der Waals surface area contributed by atoms with Crippen molar-refractivity contribution in [2.75, 3.05) is 0 Å². The minimum Gasteiger partial charge on any atom is -0.325 e. The van der Waals surface area contributed by atoms with Gasteiger partial charge in [-0.15, -0.1) is 0 Å². The summed E-state index contributed by atoms with van der Waals surface area (Å²) in [6.45, 7) is 0.416. The number of halogens is 1. The van der Waals surface area contributed by atoms with Crippen molar-refractivity contribution in [1.82, 2.24) is 10.2 Å². The van der Waals surface area contributed by atoms with Gasteiger partial charge in [0, 0.05) is 18.7 Å². The molecule has 0 saturated heterocycles. The maximum Gasteiger partial charge on any atom is 0.123 e. The average molecular weight is 205 g/mol. The maximum absolute atomic E-state index is 12.9. The van der Waals surface area contributed by atoms with Crippen LogP contribution in [0.5, 0.6) is 0 Å². The van der Waals surface area contributed by atoms with E-state index in [2.05, 4.69) is 10.2 Å². The molecule has 15 heavy (non-hydrogen) atoms. The first-order valence-corrected chi connectivity index (χ1v) is 4.75. The molecule has 4 heteroatoms. The first-order chi connectivity index (χ1) is 7.28. The first kappa shape index (κ1) is 9.86. The molecule has 0 radical (unpaired) electrons. The molecule has 0 atom stereocenters. The summed E-state index contributed by atoms with van der Waals surface area (Å²) in [5.74, 6) is -0.217. The smallest absolute Gasteiger partial charge is 0.123 e. The van der Waals surface area contributed by atoms with Gasteiger partial charge in [-0.25, -0.2) is 4.39 Å². The number of hydrogen-bond donors (Lipinski definition) is 2. The molecule has 2 aromatic rings. The van der Waals surface area contributed by atoms with Crippen LogP contribution in [0.2, 0.25) is 0 Å². The van der Waals surface area contributed by atoms with E-state index in [1.807, 2.05) is 12.1 Å². The molecule has 0 spiro atoms. The second kappa shape index (κ2) is 4.23. The van der Waals surface area contributed by atoms with E-state index >= 15 is 0 Å². The van der Waals surface area contributed by atoms with Gasteiger partial charge in [0.15, 0.2) is 0 Å². The van der Waals surface area contributed by atoms with Crippen LogP contribution in [-0.4, -0.2) is 10.2 Å². The largest absolute Gasteiger partial charge is 0.325 e. The monoisotopic (exact) mass is 205 g/mol. The molecule has 0 aliphatic heterocycles. The lowest BCUT2D eigenvalue weighted by Crippen LogP contribution is -1.95. The van der Waals surface area contributed by atoms with Gasteiger partial charge in [0.2, 0.25) is 0 Å². The van der Waals surface area contributed by atoms with Gasteiger partial charge < -0.3 is 5.73 Å². The number of benzene rings is 1. The van der Waals surface area contributed by atoms with Crippen molar-refractivity contribution in [1.29, 1.82) is 0 Å². The highest BCUT2D eigenvalue weighted by Gasteiger charge is 2.01. The molecule has 0 fully saturated rings. The van der Waals surface area contributed by atoms with Crippen LogP contribution in [0.25, 0.3) is 0 Å². The van der Waals surface area contributed by atoms with Gasteiger partial charge in [-0.2, -0.15) is 5.10 Å². The highest BCUT2D eigenvalue weighted by atomic mass is 19.1. The van der Waals surface area contributed by atoms with E-state index in [1.165, 1.54) is 12.1 Å². The quantitative estimate of drug-likeness (QED) is 0.799. The number of aromatic amines is 1. The summed E-state index contributed by atoms with van der Waals surface area (Å²) in [6.07, 6.45) is 0.644. The van der Waals surface area contributed by atoms with Crippen LogP contribution in [0.4, 0.5) is 4.39 Å². The Morgan fingerprint density at radius 3 is 2.87 bits per heavy atom. The maximum atomic E-state index is 12.9. The Balaban J connectivity index is 2.14. The lowest BCUT2D eigenvalue weighted by atomic mass is 10.1. The standard InChI is InChI=1S/C11H12FN3/c12-9-3-1-2-8(4-9)5-10-6-11(7-13)15-14-10/h1-4,6H,5,7,13H2,(H,14,15). The Bertz CT molecular complexity index is 451. The van der Waals surface area contributed by atoms with E-state index < -0.39 is 0 Å². The molecule has 0 aliphatic carbocycles. The molecule has 1 heterocycles.